The fraction of sp³-hybridized carbons (Fsp3) is 1.00. The maximum atomic E-state index is 3.63. The quantitative estimate of drug-likeness (QED) is 0.682. The van der Waals surface area contributed by atoms with Gasteiger partial charge in [-0.05, 0) is 49.8 Å². The molecule has 2 saturated carbocycles. The molecule has 0 saturated heterocycles. The lowest BCUT2D eigenvalue weighted by Gasteiger charge is -2.11. The fourth-order valence-electron chi connectivity index (χ4n) is 3.09. The summed E-state index contributed by atoms with van der Waals surface area (Å²) >= 11 is 2.17. The molecule has 16 heavy (non-hydrogen) atoms. The van der Waals surface area contributed by atoms with Gasteiger partial charge in [0.25, 0.3) is 0 Å². The first-order valence-corrected chi connectivity index (χ1v) is 8.39. The normalized spacial score (nSPS) is 23.2. The van der Waals surface area contributed by atoms with Crippen LogP contribution >= 0.6 is 11.8 Å². The summed E-state index contributed by atoms with van der Waals surface area (Å²) in [6.07, 6.45) is 11.9. The van der Waals surface area contributed by atoms with Crippen LogP contribution in [0.4, 0.5) is 0 Å². The summed E-state index contributed by atoms with van der Waals surface area (Å²) in [5.41, 5.74) is 0. The molecule has 2 heteroatoms. The molecule has 0 amide bonds. The Balaban J connectivity index is 1.37. The van der Waals surface area contributed by atoms with Crippen LogP contribution in [0.1, 0.15) is 51.4 Å². The highest BCUT2D eigenvalue weighted by Gasteiger charge is 2.15. The number of hydrogen-bond acceptors (Lipinski definition) is 2. The van der Waals surface area contributed by atoms with E-state index in [2.05, 4.69) is 17.1 Å². The highest BCUT2D eigenvalue weighted by molar-refractivity contribution is 7.99. The van der Waals surface area contributed by atoms with Crippen molar-refractivity contribution in [2.45, 2.75) is 51.4 Å². The second kappa shape index (κ2) is 7.60. The summed E-state index contributed by atoms with van der Waals surface area (Å²) in [6.45, 7) is 2.51. The van der Waals surface area contributed by atoms with Crippen LogP contribution in [-0.4, -0.2) is 24.6 Å². The van der Waals surface area contributed by atoms with Gasteiger partial charge in [0.1, 0.15) is 0 Å². The van der Waals surface area contributed by atoms with Gasteiger partial charge in [-0.15, -0.1) is 0 Å². The predicted molar refractivity (Wildman–Crippen MR) is 74.1 cm³/mol. The van der Waals surface area contributed by atoms with Crippen LogP contribution in [0.3, 0.4) is 0 Å². The van der Waals surface area contributed by atoms with Crippen molar-refractivity contribution in [1.29, 1.82) is 0 Å². The molecule has 0 spiro atoms. The lowest BCUT2D eigenvalue weighted by Crippen LogP contribution is -2.23. The monoisotopic (exact) mass is 241 g/mol. The molecule has 0 radical (unpaired) electrons. The van der Waals surface area contributed by atoms with Crippen molar-refractivity contribution in [1.82, 2.24) is 5.32 Å². The van der Waals surface area contributed by atoms with Crippen LogP contribution in [0, 0.1) is 11.8 Å². The van der Waals surface area contributed by atoms with E-state index in [0.717, 1.165) is 11.8 Å². The van der Waals surface area contributed by atoms with E-state index in [1.54, 1.807) is 0 Å². The molecule has 0 atom stereocenters. The van der Waals surface area contributed by atoms with E-state index in [1.165, 1.54) is 76.0 Å². The maximum absolute atomic E-state index is 3.63. The first-order valence-electron chi connectivity index (χ1n) is 7.23. The van der Waals surface area contributed by atoms with E-state index in [9.17, 15) is 0 Å². The molecule has 2 aliphatic carbocycles. The number of nitrogens with one attached hydrogen (secondary N) is 1. The Morgan fingerprint density at radius 1 is 0.875 bits per heavy atom. The van der Waals surface area contributed by atoms with E-state index in [4.69, 9.17) is 0 Å². The molecule has 0 bridgehead atoms. The fourth-order valence-corrected chi connectivity index (χ4v) is 4.21. The molecule has 0 aromatic rings. The predicted octanol–water partition coefficient (Wildman–Crippen LogP) is 3.69. The van der Waals surface area contributed by atoms with Crippen LogP contribution in [0.5, 0.6) is 0 Å². The van der Waals surface area contributed by atoms with Gasteiger partial charge >= 0.3 is 0 Å². The largest absolute Gasteiger partial charge is 0.316 e. The first kappa shape index (κ1) is 12.8. The lowest BCUT2D eigenvalue weighted by molar-refractivity contribution is 0.499. The molecule has 0 heterocycles. The molecule has 0 aliphatic heterocycles. The van der Waals surface area contributed by atoms with Gasteiger partial charge in [-0.25, -0.2) is 0 Å². The Morgan fingerprint density at radius 2 is 1.50 bits per heavy atom. The van der Waals surface area contributed by atoms with Gasteiger partial charge in [-0.2, -0.15) is 11.8 Å². The van der Waals surface area contributed by atoms with Gasteiger partial charge in [0.2, 0.25) is 0 Å². The summed E-state index contributed by atoms with van der Waals surface area (Å²) in [7, 11) is 0. The first-order chi connectivity index (χ1) is 7.95. The smallest absolute Gasteiger partial charge is 0.00582 e. The van der Waals surface area contributed by atoms with Gasteiger partial charge in [0.05, 0.1) is 0 Å². The van der Waals surface area contributed by atoms with E-state index in [0.29, 0.717) is 0 Å². The molecular weight excluding hydrogens is 214 g/mol. The van der Waals surface area contributed by atoms with Crippen molar-refractivity contribution < 1.29 is 0 Å². The summed E-state index contributed by atoms with van der Waals surface area (Å²) in [5.74, 6) is 4.80. The highest BCUT2D eigenvalue weighted by atomic mass is 32.2. The van der Waals surface area contributed by atoms with E-state index >= 15 is 0 Å². The van der Waals surface area contributed by atoms with Gasteiger partial charge in [0.15, 0.2) is 0 Å². The third-order valence-corrected chi connectivity index (χ3v) is 5.36. The molecular formula is C14H27NS. The maximum Gasteiger partial charge on any atom is 0.00582 e. The van der Waals surface area contributed by atoms with Crippen molar-refractivity contribution in [3.8, 4) is 0 Å². The Hall–Kier alpha value is 0.310. The SMILES string of the molecule is C1CCC(CNCCSCC2CCCC2)C1. The number of hydrogen-bond donors (Lipinski definition) is 1. The average molecular weight is 241 g/mol. The minimum atomic E-state index is 1.000. The van der Waals surface area contributed by atoms with Crippen LogP contribution < -0.4 is 5.32 Å². The molecule has 0 unspecified atom stereocenters. The van der Waals surface area contributed by atoms with Gasteiger partial charge in [-0.1, -0.05) is 25.7 Å². The number of thioether (sulfide) groups is 1. The van der Waals surface area contributed by atoms with Crippen molar-refractivity contribution in [3.63, 3.8) is 0 Å². The molecule has 2 fully saturated rings. The summed E-state index contributed by atoms with van der Waals surface area (Å²) in [4.78, 5) is 0. The standard InChI is InChI=1S/C14H27NS/c1-2-6-13(5-1)11-15-9-10-16-12-14-7-3-4-8-14/h13-15H,1-12H2. The third-order valence-electron chi connectivity index (χ3n) is 4.16. The molecule has 0 aromatic carbocycles. The highest BCUT2D eigenvalue weighted by Crippen LogP contribution is 2.27. The van der Waals surface area contributed by atoms with Crippen LogP contribution in [0.15, 0.2) is 0 Å². The third kappa shape index (κ3) is 4.67. The topological polar surface area (TPSA) is 12.0 Å². The second-order valence-electron chi connectivity index (χ2n) is 5.58. The van der Waals surface area contributed by atoms with Crippen LogP contribution in [0.2, 0.25) is 0 Å². The van der Waals surface area contributed by atoms with Crippen molar-refractivity contribution >= 4 is 11.8 Å². The van der Waals surface area contributed by atoms with Gasteiger partial charge in [-0.3, -0.25) is 0 Å². The Morgan fingerprint density at radius 3 is 2.19 bits per heavy atom. The van der Waals surface area contributed by atoms with Crippen molar-refractivity contribution in [2.75, 3.05) is 24.6 Å². The summed E-state index contributed by atoms with van der Waals surface area (Å²) in [6, 6.07) is 0. The minimum Gasteiger partial charge on any atom is -0.316 e. The molecule has 94 valence electrons. The Bertz CT molecular complexity index is 152. The van der Waals surface area contributed by atoms with Crippen LogP contribution in [0.25, 0.3) is 0 Å². The zero-order valence-electron chi connectivity index (χ0n) is 10.5. The van der Waals surface area contributed by atoms with E-state index in [-0.39, 0.29) is 0 Å². The van der Waals surface area contributed by atoms with Gasteiger partial charge in [0, 0.05) is 12.3 Å². The molecule has 2 rings (SSSR count). The zero-order chi connectivity index (χ0) is 11.1. The number of rotatable bonds is 7. The van der Waals surface area contributed by atoms with Crippen LogP contribution in [-0.2, 0) is 0 Å². The molecule has 1 N–H and O–H groups in total. The summed E-state index contributed by atoms with van der Waals surface area (Å²) in [5, 5.41) is 3.63. The Labute approximate surface area is 105 Å². The Kier molecular flexibility index (Phi) is 6.06. The molecule has 0 aromatic heterocycles. The minimum absolute atomic E-state index is 1.000. The molecule has 1 nitrogen and oxygen atoms in total. The van der Waals surface area contributed by atoms with E-state index < -0.39 is 0 Å². The van der Waals surface area contributed by atoms with Gasteiger partial charge < -0.3 is 5.32 Å². The van der Waals surface area contributed by atoms with Crippen molar-refractivity contribution in [3.05, 3.63) is 0 Å². The second-order valence-corrected chi connectivity index (χ2v) is 6.73. The summed E-state index contributed by atoms with van der Waals surface area (Å²) < 4.78 is 0. The van der Waals surface area contributed by atoms with Crippen molar-refractivity contribution in [2.24, 2.45) is 11.8 Å². The molecule has 2 aliphatic rings. The van der Waals surface area contributed by atoms with E-state index in [1.807, 2.05) is 0 Å². The average Bonchev–Trinajstić information content (AvgIpc) is 2.96. The lowest BCUT2D eigenvalue weighted by atomic mass is 10.1. The zero-order valence-corrected chi connectivity index (χ0v) is 11.4.